The van der Waals surface area contributed by atoms with Gasteiger partial charge in [-0.3, -0.25) is 14.7 Å². The second kappa shape index (κ2) is 9.07. The summed E-state index contributed by atoms with van der Waals surface area (Å²) in [5, 5.41) is 9.75. The van der Waals surface area contributed by atoms with Gasteiger partial charge in [-0.05, 0) is 58.8 Å². The van der Waals surface area contributed by atoms with E-state index in [0.29, 0.717) is 22.3 Å². The zero-order chi connectivity index (χ0) is 20.9. The van der Waals surface area contributed by atoms with E-state index in [1.54, 1.807) is 18.2 Å². The summed E-state index contributed by atoms with van der Waals surface area (Å²) in [4.78, 5) is 19.9. The van der Waals surface area contributed by atoms with Gasteiger partial charge in [0.1, 0.15) is 5.82 Å². The topological polar surface area (TPSA) is 52.9 Å². The van der Waals surface area contributed by atoms with Crippen molar-refractivity contribution in [1.29, 1.82) is 0 Å². The van der Waals surface area contributed by atoms with Crippen LogP contribution >= 0.6 is 11.8 Å². The lowest BCUT2D eigenvalue weighted by molar-refractivity contribution is -0.113. The first kappa shape index (κ1) is 20.1. The average Bonchev–Trinajstić information content (AvgIpc) is 3.09. The number of aliphatic hydroxyl groups is 1. The van der Waals surface area contributed by atoms with E-state index in [1.165, 1.54) is 28.8 Å². The largest absolute Gasteiger partial charge is 0.392 e. The van der Waals surface area contributed by atoms with E-state index in [2.05, 4.69) is 4.99 Å². The Balaban J connectivity index is 1.67. The Labute approximate surface area is 178 Å². The number of carbonyl (C=O) groups is 1. The highest BCUT2D eigenvalue weighted by molar-refractivity contribution is 8.19. The molecule has 0 unspecified atom stereocenters. The smallest absolute Gasteiger partial charge is 0.271 e. The number of halogens is 1. The van der Waals surface area contributed by atoms with Crippen LogP contribution in [0, 0.1) is 5.82 Å². The second-order valence-electron chi connectivity index (χ2n) is 6.71. The second-order valence-corrected chi connectivity index (χ2v) is 7.72. The SMILES string of the molecule is O=C1/C(=C/c2ccc(CO)cc2)S/C(=N\Cc2ccccc2)N1c1ccc(F)cc1. The summed E-state index contributed by atoms with van der Waals surface area (Å²) in [6.07, 6.45) is 1.80. The molecule has 1 aliphatic heterocycles. The van der Waals surface area contributed by atoms with E-state index in [4.69, 9.17) is 0 Å². The highest BCUT2D eigenvalue weighted by Crippen LogP contribution is 2.36. The molecule has 3 aromatic carbocycles. The number of carbonyl (C=O) groups excluding carboxylic acids is 1. The molecular formula is C24H19FN2O2S. The summed E-state index contributed by atoms with van der Waals surface area (Å²) < 4.78 is 13.4. The molecule has 4 nitrogen and oxygen atoms in total. The maximum Gasteiger partial charge on any atom is 0.271 e. The van der Waals surface area contributed by atoms with Crippen molar-refractivity contribution in [3.63, 3.8) is 0 Å². The van der Waals surface area contributed by atoms with Crippen molar-refractivity contribution >= 4 is 34.6 Å². The third kappa shape index (κ3) is 4.50. The van der Waals surface area contributed by atoms with Crippen LogP contribution in [0.15, 0.2) is 88.8 Å². The third-order valence-electron chi connectivity index (χ3n) is 4.59. The van der Waals surface area contributed by atoms with Gasteiger partial charge < -0.3 is 5.11 Å². The van der Waals surface area contributed by atoms with Crippen LogP contribution < -0.4 is 4.90 Å². The van der Waals surface area contributed by atoms with Crippen molar-refractivity contribution in [2.75, 3.05) is 4.90 Å². The van der Waals surface area contributed by atoms with Gasteiger partial charge >= 0.3 is 0 Å². The standard InChI is InChI=1S/C24H19FN2O2S/c25-20-10-12-21(13-11-20)27-23(29)22(14-17-6-8-19(16-28)9-7-17)30-24(27)26-15-18-4-2-1-3-5-18/h1-14,28H,15-16H2/b22-14-,26-24-. The van der Waals surface area contributed by atoms with Crippen LogP contribution in [0.4, 0.5) is 10.1 Å². The molecule has 1 fully saturated rings. The Morgan fingerprint density at radius 3 is 2.30 bits per heavy atom. The molecule has 0 radical (unpaired) electrons. The summed E-state index contributed by atoms with van der Waals surface area (Å²) in [6.45, 7) is 0.409. The summed E-state index contributed by atoms with van der Waals surface area (Å²) in [5.41, 5.74) is 3.26. The number of amides is 1. The van der Waals surface area contributed by atoms with E-state index in [1.807, 2.05) is 54.6 Å². The number of rotatable bonds is 5. The molecule has 1 amide bonds. The molecule has 30 heavy (non-hydrogen) atoms. The first-order valence-corrected chi connectivity index (χ1v) is 10.2. The highest BCUT2D eigenvalue weighted by Gasteiger charge is 2.34. The Kier molecular flexibility index (Phi) is 6.07. The lowest BCUT2D eigenvalue weighted by Gasteiger charge is -2.15. The predicted octanol–water partition coefficient (Wildman–Crippen LogP) is 5.00. The number of benzene rings is 3. The maximum atomic E-state index is 13.4. The van der Waals surface area contributed by atoms with Gasteiger partial charge in [0, 0.05) is 0 Å². The van der Waals surface area contributed by atoms with Crippen molar-refractivity contribution in [3.8, 4) is 0 Å². The lowest BCUT2D eigenvalue weighted by atomic mass is 10.1. The van der Waals surface area contributed by atoms with Crippen LogP contribution in [0.5, 0.6) is 0 Å². The first-order chi connectivity index (χ1) is 14.6. The van der Waals surface area contributed by atoms with E-state index in [9.17, 15) is 14.3 Å². The molecule has 150 valence electrons. The van der Waals surface area contributed by atoms with Gasteiger partial charge in [-0.15, -0.1) is 0 Å². The zero-order valence-electron chi connectivity index (χ0n) is 16.0. The summed E-state index contributed by atoms with van der Waals surface area (Å²) in [7, 11) is 0. The number of thioether (sulfide) groups is 1. The van der Waals surface area contributed by atoms with Gasteiger partial charge in [0.25, 0.3) is 5.91 Å². The van der Waals surface area contributed by atoms with Crippen molar-refractivity contribution < 1.29 is 14.3 Å². The van der Waals surface area contributed by atoms with E-state index in [-0.39, 0.29) is 18.3 Å². The Hall–Kier alpha value is -3.22. The average molecular weight is 418 g/mol. The molecule has 0 saturated carbocycles. The number of hydrogen-bond donors (Lipinski definition) is 1. The number of aliphatic imine (C=N–C) groups is 1. The van der Waals surface area contributed by atoms with Crippen LogP contribution in [0.2, 0.25) is 0 Å². The van der Waals surface area contributed by atoms with Gasteiger partial charge in [-0.25, -0.2) is 4.39 Å². The predicted molar refractivity (Wildman–Crippen MR) is 119 cm³/mol. The van der Waals surface area contributed by atoms with Gasteiger partial charge in [0.15, 0.2) is 5.17 Å². The fraction of sp³-hybridized carbons (Fsp3) is 0.0833. The van der Waals surface area contributed by atoms with Crippen LogP contribution in [-0.2, 0) is 17.9 Å². The molecule has 0 atom stereocenters. The summed E-state index contributed by atoms with van der Waals surface area (Å²) in [5.74, 6) is -0.565. The van der Waals surface area contributed by atoms with Crippen LogP contribution in [0.3, 0.4) is 0 Å². The molecule has 0 aromatic heterocycles. The molecular weight excluding hydrogens is 399 g/mol. The molecule has 6 heteroatoms. The maximum absolute atomic E-state index is 13.4. The van der Waals surface area contributed by atoms with Gasteiger partial charge in [0.05, 0.1) is 23.7 Å². The van der Waals surface area contributed by atoms with Crippen LogP contribution in [0.25, 0.3) is 6.08 Å². The van der Waals surface area contributed by atoms with E-state index >= 15 is 0 Å². The number of amidine groups is 1. The van der Waals surface area contributed by atoms with Crippen LogP contribution in [0.1, 0.15) is 16.7 Å². The minimum Gasteiger partial charge on any atom is -0.392 e. The molecule has 1 saturated heterocycles. The molecule has 1 heterocycles. The minimum atomic E-state index is -0.361. The Morgan fingerprint density at radius 2 is 1.63 bits per heavy atom. The molecule has 0 aliphatic carbocycles. The number of hydrogen-bond acceptors (Lipinski definition) is 4. The number of nitrogens with zero attached hydrogens (tertiary/aromatic N) is 2. The van der Waals surface area contributed by atoms with Gasteiger partial charge in [0.2, 0.25) is 0 Å². The Bertz CT molecular complexity index is 1090. The molecule has 4 rings (SSSR count). The van der Waals surface area contributed by atoms with Gasteiger partial charge in [-0.2, -0.15) is 0 Å². The number of anilines is 1. The molecule has 1 N–H and O–H groups in total. The lowest BCUT2D eigenvalue weighted by Crippen LogP contribution is -2.28. The molecule has 1 aliphatic rings. The van der Waals surface area contributed by atoms with Gasteiger partial charge in [-0.1, -0.05) is 54.6 Å². The number of aliphatic hydroxyl groups excluding tert-OH is 1. The fourth-order valence-corrected chi connectivity index (χ4v) is 3.99. The third-order valence-corrected chi connectivity index (χ3v) is 5.60. The quantitative estimate of drug-likeness (QED) is 0.594. The van der Waals surface area contributed by atoms with E-state index in [0.717, 1.165) is 16.7 Å². The molecule has 0 spiro atoms. The monoisotopic (exact) mass is 418 g/mol. The van der Waals surface area contributed by atoms with Crippen molar-refractivity contribution in [1.82, 2.24) is 0 Å². The minimum absolute atomic E-state index is 0.0286. The van der Waals surface area contributed by atoms with Crippen molar-refractivity contribution in [2.24, 2.45) is 4.99 Å². The molecule has 3 aromatic rings. The normalized spacial score (nSPS) is 16.6. The summed E-state index contributed by atoms with van der Waals surface area (Å²) in [6, 6.07) is 22.9. The van der Waals surface area contributed by atoms with Crippen molar-refractivity contribution in [2.45, 2.75) is 13.2 Å². The highest BCUT2D eigenvalue weighted by atomic mass is 32.2. The zero-order valence-corrected chi connectivity index (χ0v) is 16.8. The summed E-state index contributed by atoms with van der Waals surface area (Å²) >= 11 is 1.29. The van der Waals surface area contributed by atoms with Crippen LogP contribution in [-0.4, -0.2) is 16.2 Å². The van der Waals surface area contributed by atoms with E-state index < -0.39 is 0 Å². The first-order valence-electron chi connectivity index (χ1n) is 9.42. The Morgan fingerprint density at radius 1 is 0.933 bits per heavy atom. The molecule has 0 bridgehead atoms. The van der Waals surface area contributed by atoms with Crippen molar-refractivity contribution in [3.05, 3.63) is 106 Å². The fourth-order valence-electron chi connectivity index (χ4n) is 3.01.